The molecule has 0 unspecified atom stereocenters. The molecule has 3 fully saturated rings. The molecule has 2 aliphatic heterocycles. The van der Waals surface area contributed by atoms with Gasteiger partial charge in [0.1, 0.15) is 17.9 Å². The number of benzene rings is 2. The van der Waals surface area contributed by atoms with Crippen molar-refractivity contribution in [3.63, 3.8) is 0 Å². The van der Waals surface area contributed by atoms with Crippen LogP contribution in [-0.4, -0.2) is 130 Å². The molecule has 1 saturated carbocycles. The van der Waals surface area contributed by atoms with Crippen LogP contribution in [0.5, 0.6) is 0 Å². The maximum atomic E-state index is 15.7. The molecule has 3 aliphatic rings. The minimum atomic E-state index is -1.04. The van der Waals surface area contributed by atoms with Crippen molar-refractivity contribution in [2.24, 2.45) is 5.41 Å². The van der Waals surface area contributed by atoms with E-state index in [1.165, 1.54) is 17.0 Å². The average molecular weight is 959 g/mol. The fraction of sp³-hybridized carbons (Fsp3) is 0.408. The number of anilines is 2. The van der Waals surface area contributed by atoms with E-state index in [0.29, 0.717) is 17.4 Å². The van der Waals surface area contributed by atoms with Crippen LogP contribution in [0.2, 0.25) is 0 Å². The first-order valence-corrected chi connectivity index (χ1v) is 24.0. The number of aromatic amines is 1. The van der Waals surface area contributed by atoms with Crippen LogP contribution < -0.4 is 16.0 Å². The quantitative estimate of drug-likeness (QED) is 0.0957. The standard InChI is InChI=1S/C49H55FN12O6S/c1-28-42(69-27-53-28)31-7-5-29(6-8-31)21-52-46(66)38-20-34(63)25-62(38)48(68)43(49(2,3)4)58-40(64)13-14-41(65)59-15-17-60(18-16-59)47(67)32-11-12-36(35(50)19-32)56-44-45-51-24-39(33-22-54-55-23-33)61(45)26-37(57-44)30-9-10-30/h5-8,11-12,19,22-24,26-27,30,34,38,43,63H,9-10,13-18,20-21,25H2,1-4H3,(H,52,66)(H,54,55)(H,56,57)(H,58,64)/t34-,38+,43-/m1/s1. The number of carbonyl (C=O) groups excluding carboxylic acids is 5. The van der Waals surface area contributed by atoms with Gasteiger partial charge in [0.05, 0.1) is 51.7 Å². The number of halogens is 1. The van der Waals surface area contributed by atoms with Crippen LogP contribution in [0, 0.1) is 18.2 Å². The number of nitrogens with zero attached hydrogens (tertiary/aromatic N) is 8. The van der Waals surface area contributed by atoms with E-state index in [0.717, 1.165) is 51.5 Å². The second kappa shape index (κ2) is 19.5. The third kappa shape index (κ3) is 10.4. The van der Waals surface area contributed by atoms with E-state index in [1.807, 2.05) is 41.8 Å². The zero-order chi connectivity index (χ0) is 48.6. The summed E-state index contributed by atoms with van der Waals surface area (Å²) >= 11 is 1.56. The molecular weight excluding hydrogens is 904 g/mol. The molecule has 20 heteroatoms. The topological polar surface area (TPSA) is 223 Å². The van der Waals surface area contributed by atoms with Crippen LogP contribution in [0.3, 0.4) is 0 Å². The van der Waals surface area contributed by atoms with Crippen molar-refractivity contribution < 1.29 is 33.5 Å². The van der Waals surface area contributed by atoms with Gasteiger partial charge in [0.15, 0.2) is 11.5 Å². The van der Waals surface area contributed by atoms with Crippen molar-refractivity contribution in [2.45, 2.75) is 90.4 Å². The van der Waals surface area contributed by atoms with Crippen LogP contribution in [0.4, 0.5) is 15.9 Å². The molecular formula is C49H55FN12O6S. The lowest BCUT2D eigenvalue weighted by molar-refractivity contribution is -0.144. The molecule has 4 aromatic heterocycles. The van der Waals surface area contributed by atoms with E-state index in [1.54, 1.807) is 72.1 Å². The molecule has 3 atom stereocenters. The third-order valence-corrected chi connectivity index (χ3v) is 13.9. The number of imidazole rings is 1. The van der Waals surface area contributed by atoms with Gasteiger partial charge in [0, 0.05) is 88.0 Å². The first-order valence-electron chi connectivity index (χ1n) is 23.2. The number of hydrogen-bond acceptors (Lipinski definition) is 12. The highest BCUT2D eigenvalue weighted by molar-refractivity contribution is 7.13. The second-order valence-electron chi connectivity index (χ2n) is 19.0. The van der Waals surface area contributed by atoms with E-state index in [4.69, 9.17) is 4.98 Å². The van der Waals surface area contributed by atoms with E-state index in [2.05, 4.69) is 36.1 Å². The summed E-state index contributed by atoms with van der Waals surface area (Å²) in [5.74, 6) is -2.01. The number of rotatable bonds is 14. The Morgan fingerprint density at radius 2 is 1.71 bits per heavy atom. The third-order valence-electron chi connectivity index (χ3n) is 13.0. The molecule has 0 spiro atoms. The van der Waals surface area contributed by atoms with Gasteiger partial charge in [-0.05, 0) is 54.5 Å². The van der Waals surface area contributed by atoms with E-state index in [-0.39, 0.29) is 81.6 Å². The largest absolute Gasteiger partial charge is 0.391 e. The highest BCUT2D eigenvalue weighted by atomic mass is 32.1. The second-order valence-corrected chi connectivity index (χ2v) is 19.9. The highest BCUT2D eigenvalue weighted by Crippen LogP contribution is 2.41. The Bertz CT molecular complexity index is 2880. The lowest BCUT2D eigenvalue weighted by atomic mass is 9.85. The summed E-state index contributed by atoms with van der Waals surface area (Å²) in [6.45, 7) is 8.37. The number of aliphatic hydroxyl groups excluding tert-OH is 1. The normalized spacial score (nSPS) is 17.8. The molecule has 6 heterocycles. The smallest absolute Gasteiger partial charge is 0.254 e. The van der Waals surface area contributed by atoms with Gasteiger partial charge in [-0.2, -0.15) is 5.10 Å². The number of β-amino-alcohol motifs (C(OH)–C–C–N with tert-alkyl or cyclic N) is 1. The zero-order valence-electron chi connectivity index (χ0n) is 38.9. The molecule has 9 rings (SSSR count). The predicted octanol–water partition coefficient (Wildman–Crippen LogP) is 5.19. The van der Waals surface area contributed by atoms with Crippen LogP contribution in [0.25, 0.3) is 27.3 Å². The fourth-order valence-corrected chi connectivity index (χ4v) is 9.69. The van der Waals surface area contributed by atoms with Crippen molar-refractivity contribution >= 4 is 58.0 Å². The Kier molecular flexibility index (Phi) is 13.3. The van der Waals surface area contributed by atoms with E-state index in [9.17, 15) is 29.1 Å². The summed E-state index contributed by atoms with van der Waals surface area (Å²) < 4.78 is 17.6. The average Bonchev–Trinajstić information content (AvgIpc) is 3.65. The summed E-state index contributed by atoms with van der Waals surface area (Å²) in [5, 5.41) is 26.3. The number of aliphatic hydroxyl groups is 1. The number of nitrogens with one attached hydrogen (secondary N) is 4. The summed E-state index contributed by atoms with van der Waals surface area (Å²) in [6, 6.07) is 10.1. The van der Waals surface area contributed by atoms with E-state index >= 15 is 4.39 Å². The van der Waals surface area contributed by atoms with Gasteiger partial charge in [0.2, 0.25) is 23.6 Å². The summed E-state index contributed by atoms with van der Waals surface area (Å²) in [7, 11) is 0. The predicted molar refractivity (Wildman–Crippen MR) is 256 cm³/mol. The molecule has 0 radical (unpaired) electrons. The van der Waals surface area contributed by atoms with E-state index < -0.39 is 47.1 Å². The number of piperazine rings is 1. The maximum absolute atomic E-state index is 15.7. The van der Waals surface area contributed by atoms with Crippen LogP contribution >= 0.6 is 11.3 Å². The SMILES string of the molecule is Cc1ncsc1-c1ccc(CNC(=O)[C@@H]2C[C@@H](O)CN2C(=O)[C@@H](NC(=O)CCC(=O)N2CCN(C(=O)c3ccc(Nc4nc(C5CC5)cn5c(-c6cn[nH]c6)cnc45)c(F)c3)CC2)C(C)(C)C)cc1. The Morgan fingerprint density at radius 3 is 2.38 bits per heavy atom. The number of carbonyl (C=O) groups is 5. The molecule has 69 heavy (non-hydrogen) atoms. The summed E-state index contributed by atoms with van der Waals surface area (Å²) in [5.41, 5.74) is 7.21. The number of hydrogen-bond donors (Lipinski definition) is 5. The number of fused-ring (bicyclic) bond motifs is 1. The number of aromatic nitrogens is 6. The van der Waals surface area contributed by atoms with Gasteiger partial charge in [-0.3, -0.25) is 33.5 Å². The maximum Gasteiger partial charge on any atom is 0.254 e. The van der Waals surface area contributed by atoms with Crippen molar-refractivity contribution in [2.75, 3.05) is 38.0 Å². The van der Waals surface area contributed by atoms with Crippen molar-refractivity contribution in [1.82, 2.24) is 54.9 Å². The van der Waals surface area contributed by atoms with Gasteiger partial charge in [-0.25, -0.2) is 19.3 Å². The summed E-state index contributed by atoms with van der Waals surface area (Å²) in [4.78, 5) is 87.1. The first kappa shape index (κ1) is 47.0. The minimum absolute atomic E-state index is 0.0546. The van der Waals surface area contributed by atoms with Crippen molar-refractivity contribution in [3.8, 4) is 21.7 Å². The Hall–Kier alpha value is -7.06. The molecule has 2 saturated heterocycles. The molecule has 360 valence electrons. The number of likely N-dealkylation sites (tertiary alicyclic amines) is 1. The summed E-state index contributed by atoms with van der Waals surface area (Å²) in [6.07, 6.45) is 8.01. The molecule has 6 aromatic rings. The van der Waals surface area contributed by atoms with Gasteiger partial charge in [-0.15, -0.1) is 11.3 Å². The Morgan fingerprint density at radius 1 is 0.957 bits per heavy atom. The Balaban J connectivity index is 0.755. The lowest BCUT2D eigenvalue weighted by Gasteiger charge is -2.36. The molecule has 1 aliphatic carbocycles. The molecule has 0 bridgehead atoms. The highest BCUT2D eigenvalue weighted by Gasteiger charge is 2.44. The van der Waals surface area contributed by atoms with Crippen molar-refractivity contribution in [1.29, 1.82) is 0 Å². The van der Waals surface area contributed by atoms with Crippen molar-refractivity contribution in [3.05, 3.63) is 101 Å². The molecule has 5 amide bonds. The number of aryl methyl sites for hydroxylation is 1. The molecule has 5 N–H and O–H groups in total. The van der Waals surface area contributed by atoms with Gasteiger partial charge in [-0.1, -0.05) is 45.0 Å². The van der Waals surface area contributed by atoms with Gasteiger partial charge in [0.25, 0.3) is 5.91 Å². The lowest BCUT2D eigenvalue weighted by Crippen LogP contribution is -2.57. The first-order chi connectivity index (χ1) is 33.1. The number of H-pyrrole nitrogens is 1. The number of amides is 5. The van der Waals surface area contributed by atoms with Gasteiger partial charge >= 0.3 is 0 Å². The Labute approximate surface area is 401 Å². The van der Waals surface area contributed by atoms with Crippen LogP contribution in [0.1, 0.15) is 86.1 Å². The monoisotopic (exact) mass is 958 g/mol. The fourth-order valence-electron chi connectivity index (χ4n) is 8.88. The zero-order valence-corrected chi connectivity index (χ0v) is 39.7. The van der Waals surface area contributed by atoms with Crippen LogP contribution in [0.15, 0.2) is 72.8 Å². The van der Waals surface area contributed by atoms with Gasteiger partial charge < -0.3 is 35.8 Å². The number of thiazole rings is 1. The molecule has 2 aromatic carbocycles. The van der Waals surface area contributed by atoms with Crippen LogP contribution in [-0.2, 0) is 25.7 Å². The minimum Gasteiger partial charge on any atom is -0.391 e. The molecule has 18 nitrogen and oxygen atoms in total.